The molecule has 0 aliphatic carbocycles. The fraction of sp³-hybridized carbons (Fsp3) is 0.143. The summed E-state index contributed by atoms with van der Waals surface area (Å²) in [7, 11) is 0. The van der Waals surface area contributed by atoms with Crippen molar-refractivity contribution in [3.8, 4) is 11.5 Å². The first-order chi connectivity index (χ1) is 17.0. The normalized spacial score (nSPS) is 11.1. The van der Waals surface area contributed by atoms with Crippen LogP contribution in [-0.4, -0.2) is 18.7 Å². The standard InChI is InChI=1S/C28H24ClIN2O3/c1-3-34-26-14-19(16-31-32-28(33)21-12-11-18(2)24(29)15-21)13-25(30)27(26)35-17-22-9-6-8-20-7-4-5-10-23(20)22/h4-16H,3,17H2,1-2H3,(H,32,33)/b31-16-. The van der Waals surface area contributed by atoms with Crippen LogP contribution in [-0.2, 0) is 6.61 Å². The summed E-state index contributed by atoms with van der Waals surface area (Å²) in [5, 5.41) is 6.98. The maximum atomic E-state index is 12.4. The van der Waals surface area contributed by atoms with Gasteiger partial charge >= 0.3 is 0 Å². The predicted molar refractivity (Wildman–Crippen MR) is 150 cm³/mol. The van der Waals surface area contributed by atoms with Gasteiger partial charge in [-0.2, -0.15) is 5.10 Å². The van der Waals surface area contributed by atoms with Crippen LogP contribution in [0.1, 0.15) is 34.0 Å². The average molecular weight is 599 g/mol. The molecule has 0 heterocycles. The van der Waals surface area contributed by atoms with Crippen LogP contribution in [0.15, 0.2) is 77.9 Å². The quantitative estimate of drug-likeness (QED) is 0.133. The molecule has 0 aliphatic rings. The number of benzene rings is 4. The first-order valence-electron chi connectivity index (χ1n) is 11.1. The summed E-state index contributed by atoms with van der Waals surface area (Å²) < 4.78 is 13.0. The first-order valence-corrected chi connectivity index (χ1v) is 12.6. The van der Waals surface area contributed by atoms with Crippen molar-refractivity contribution in [3.63, 3.8) is 0 Å². The number of halogens is 2. The number of nitrogens with one attached hydrogen (secondary N) is 1. The van der Waals surface area contributed by atoms with E-state index in [9.17, 15) is 4.79 Å². The fourth-order valence-corrected chi connectivity index (χ4v) is 4.56. The van der Waals surface area contributed by atoms with E-state index in [-0.39, 0.29) is 5.91 Å². The van der Waals surface area contributed by atoms with Crippen molar-refractivity contribution in [2.45, 2.75) is 20.5 Å². The molecule has 0 atom stereocenters. The second-order valence-corrected chi connectivity index (χ2v) is 9.42. The second kappa shape index (κ2) is 11.6. The molecule has 4 aromatic carbocycles. The third-order valence-electron chi connectivity index (χ3n) is 5.40. The molecule has 4 rings (SSSR count). The van der Waals surface area contributed by atoms with Crippen LogP contribution in [0.2, 0.25) is 5.02 Å². The van der Waals surface area contributed by atoms with Crippen LogP contribution in [0.4, 0.5) is 0 Å². The lowest BCUT2D eigenvalue weighted by atomic mass is 10.1. The number of nitrogens with zero attached hydrogens (tertiary/aromatic N) is 1. The highest BCUT2D eigenvalue weighted by Crippen LogP contribution is 2.35. The van der Waals surface area contributed by atoms with Gasteiger partial charge in [0, 0.05) is 10.6 Å². The Labute approximate surface area is 223 Å². The van der Waals surface area contributed by atoms with E-state index in [0.29, 0.717) is 35.3 Å². The molecule has 0 saturated carbocycles. The molecular weight excluding hydrogens is 575 g/mol. The van der Waals surface area contributed by atoms with E-state index in [0.717, 1.165) is 25.6 Å². The van der Waals surface area contributed by atoms with Gasteiger partial charge in [-0.05, 0) is 88.2 Å². The summed E-state index contributed by atoms with van der Waals surface area (Å²) in [5.74, 6) is 0.964. The number of hydrogen-bond donors (Lipinski definition) is 1. The molecule has 35 heavy (non-hydrogen) atoms. The molecule has 178 valence electrons. The highest BCUT2D eigenvalue weighted by Gasteiger charge is 2.13. The Morgan fingerprint density at radius 1 is 1.06 bits per heavy atom. The summed E-state index contributed by atoms with van der Waals surface area (Å²) in [6, 6.07) is 23.4. The minimum Gasteiger partial charge on any atom is -0.490 e. The molecule has 0 radical (unpaired) electrons. The second-order valence-electron chi connectivity index (χ2n) is 7.85. The third kappa shape index (κ3) is 6.13. The average Bonchev–Trinajstić information content (AvgIpc) is 2.85. The van der Waals surface area contributed by atoms with Gasteiger partial charge < -0.3 is 9.47 Å². The van der Waals surface area contributed by atoms with Gasteiger partial charge in [-0.3, -0.25) is 4.79 Å². The zero-order valence-electron chi connectivity index (χ0n) is 19.3. The molecule has 5 nitrogen and oxygen atoms in total. The van der Waals surface area contributed by atoms with Crippen LogP contribution in [0.5, 0.6) is 11.5 Å². The van der Waals surface area contributed by atoms with Gasteiger partial charge in [0.05, 0.1) is 16.4 Å². The minimum atomic E-state index is -0.335. The lowest BCUT2D eigenvalue weighted by Gasteiger charge is -2.15. The minimum absolute atomic E-state index is 0.335. The van der Waals surface area contributed by atoms with Crippen molar-refractivity contribution in [2.24, 2.45) is 5.10 Å². The molecule has 4 aromatic rings. The van der Waals surface area contributed by atoms with Crippen molar-refractivity contribution in [1.82, 2.24) is 5.43 Å². The number of hydrazone groups is 1. The number of hydrogen-bond acceptors (Lipinski definition) is 4. The van der Waals surface area contributed by atoms with Gasteiger partial charge in [-0.25, -0.2) is 5.43 Å². The van der Waals surface area contributed by atoms with E-state index in [1.54, 1.807) is 24.4 Å². The van der Waals surface area contributed by atoms with E-state index >= 15 is 0 Å². The Hall–Kier alpha value is -3.10. The van der Waals surface area contributed by atoms with Crippen molar-refractivity contribution in [3.05, 3.63) is 104 Å². The van der Waals surface area contributed by atoms with Crippen molar-refractivity contribution in [1.29, 1.82) is 0 Å². The first kappa shape index (κ1) is 25.0. The topological polar surface area (TPSA) is 59.9 Å². The van der Waals surface area contributed by atoms with Crippen molar-refractivity contribution >= 4 is 57.1 Å². The Morgan fingerprint density at radius 2 is 1.86 bits per heavy atom. The lowest BCUT2D eigenvalue weighted by Crippen LogP contribution is -2.17. The molecule has 0 spiro atoms. The number of carbonyl (C=O) groups excluding carboxylic acids is 1. The van der Waals surface area contributed by atoms with Gasteiger partial charge in [0.1, 0.15) is 6.61 Å². The molecule has 0 bridgehead atoms. The molecule has 0 aliphatic heterocycles. The Bertz CT molecular complexity index is 1400. The molecular formula is C28H24ClIN2O3. The van der Waals surface area contributed by atoms with E-state index < -0.39 is 0 Å². The molecule has 0 saturated heterocycles. The summed E-state index contributed by atoms with van der Waals surface area (Å²) in [6.07, 6.45) is 1.58. The van der Waals surface area contributed by atoms with E-state index in [2.05, 4.69) is 57.4 Å². The summed E-state index contributed by atoms with van der Waals surface area (Å²) in [6.45, 7) is 4.72. The monoisotopic (exact) mass is 598 g/mol. The van der Waals surface area contributed by atoms with Gasteiger partial charge in [0.25, 0.3) is 5.91 Å². The highest BCUT2D eigenvalue weighted by atomic mass is 127. The molecule has 0 fully saturated rings. The number of rotatable bonds is 8. The largest absolute Gasteiger partial charge is 0.490 e. The van der Waals surface area contributed by atoms with Crippen LogP contribution in [0.3, 0.4) is 0 Å². The number of amides is 1. The Morgan fingerprint density at radius 3 is 2.66 bits per heavy atom. The summed E-state index contributed by atoms with van der Waals surface area (Å²) in [4.78, 5) is 12.4. The Balaban J connectivity index is 1.50. The maximum absolute atomic E-state index is 12.4. The number of ether oxygens (including phenoxy) is 2. The van der Waals surface area contributed by atoms with Gasteiger partial charge in [-0.15, -0.1) is 0 Å². The lowest BCUT2D eigenvalue weighted by molar-refractivity contribution is 0.0955. The van der Waals surface area contributed by atoms with E-state index in [1.165, 1.54) is 5.39 Å². The zero-order valence-corrected chi connectivity index (χ0v) is 22.3. The predicted octanol–water partition coefficient (Wildman–Crippen LogP) is 7.15. The van der Waals surface area contributed by atoms with Crippen LogP contribution >= 0.6 is 34.2 Å². The smallest absolute Gasteiger partial charge is 0.271 e. The van der Waals surface area contributed by atoms with Gasteiger partial charge in [0.2, 0.25) is 0 Å². The third-order valence-corrected chi connectivity index (χ3v) is 6.61. The van der Waals surface area contributed by atoms with E-state index in [1.807, 2.05) is 44.2 Å². The molecule has 7 heteroatoms. The molecule has 0 unspecified atom stereocenters. The van der Waals surface area contributed by atoms with Crippen LogP contribution in [0.25, 0.3) is 10.8 Å². The SMILES string of the molecule is CCOc1cc(/C=N\NC(=O)c2ccc(C)c(Cl)c2)cc(I)c1OCc1cccc2ccccc12. The van der Waals surface area contributed by atoms with Crippen molar-refractivity contribution in [2.75, 3.05) is 6.61 Å². The molecule has 1 N–H and O–H groups in total. The van der Waals surface area contributed by atoms with Crippen molar-refractivity contribution < 1.29 is 14.3 Å². The van der Waals surface area contributed by atoms with Gasteiger partial charge in [0.15, 0.2) is 11.5 Å². The number of carbonyl (C=O) groups is 1. The molecule has 1 amide bonds. The zero-order chi connectivity index (χ0) is 24.8. The molecule has 0 aromatic heterocycles. The van der Waals surface area contributed by atoms with Gasteiger partial charge in [-0.1, -0.05) is 60.1 Å². The summed E-state index contributed by atoms with van der Waals surface area (Å²) in [5.41, 5.74) is 5.77. The Kier molecular flexibility index (Phi) is 8.25. The summed E-state index contributed by atoms with van der Waals surface area (Å²) >= 11 is 8.34. The van der Waals surface area contributed by atoms with Crippen LogP contribution in [0, 0.1) is 10.5 Å². The van der Waals surface area contributed by atoms with E-state index in [4.69, 9.17) is 21.1 Å². The number of aryl methyl sites for hydroxylation is 1. The maximum Gasteiger partial charge on any atom is 0.271 e. The van der Waals surface area contributed by atoms with Crippen LogP contribution < -0.4 is 14.9 Å². The fourth-order valence-electron chi connectivity index (χ4n) is 3.60. The number of fused-ring (bicyclic) bond motifs is 1. The highest BCUT2D eigenvalue weighted by molar-refractivity contribution is 14.1.